The molecule has 1 fully saturated rings. The van der Waals surface area contributed by atoms with E-state index < -0.39 is 36.2 Å². The Kier molecular flexibility index (Phi) is 7.16. The molecule has 0 spiro atoms. The highest BCUT2D eigenvalue weighted by molar-refractivity contribution is 5.78. The molecule has 0 bridgehead atoms. The van der Waals surface area contributed by atoms with Gasteiger partial charge in [0, 0.05) is 7.34 Å². The Morgan fingerprint density at radius 2 is 1.75 bits per heavy atom. The molecule has 3 rings (SSSR count). The molecule has 1 aliphatic rings. The number of aliphatic hydroxyl groups is 3. The Morgan fingerprint density at radius 3 is 2.31 bits per heavy atom. The number of aliphatic carboxylic acids is 1. The van der Waals surface area contributed by atoms with Crippen LogP contribution in [0.4, 0.5) is 0 Å². The molecule has 2 aromatic carbocycles. The van der Waals surface area contributed by atoms with Crippen molar-refractivity contribution in [2.75, 3.05) is 0 Å². The first-order chi connectivity index (χ1) is 15.2. The Bertz CT molecular complexity index is 973. The number of rotatable bonds is 7. The Morgan fingerprint density at radius 1 is 1.12 bits per heavy atom. The lowest BCUT2D eigenvalue weighted by Crippen LogP contribution is -2.68. The minimum absolute atomic E-state index is 0. The van der Waals surface area contributed by atoms with Gasteiger partial charge in [0.05, 0.1) is 0 Å². The second-order valence-electron chi connectivity index (χ2n) is 8.04. The van der Waals surface area contributed by atoms with Gasteiger partial charge in [-0.3, -0.25) is 0 Å². The molecular formula is C25H30O7. The second-order valence-corrected chi connectivity index (χ2v) is 8.04. The summed E-state index contributed by atoms with van der Waals surface area (Å²) < 4.78 is 10.7. The average molecular weight is 443 g/mol. The van der Waals surface area contributed by atoms with E-state index in [0.29, 0.717) is 0 Å². The predicted molar refractivity (Wildman–Crippen MR) is 121 cm³/mol. The number of benzene rings is 2. The number of allylic oxidation sites excluding steroid dienone is 2. The van der Waals surface area contributed by atoms with Gasteiger partial charge in [0.2, 0.25) is 5.60 Å². The number of carboxylic acids is 1. The summed E-state index contributed by atoms with van der Waals surface area (Å²) in [4.78, 5) is 11.7. The summed E-state index contributed by atoms with van der Waals surface area (Å²) in [5, 5.41) is 39.4. The van der Waals surface area contributed by atoms with Crippen molar-refractivity contribution in [2.24, 2.45) is 0 Å². The van der Waals surface area contributed by atoms with Crippen LogP contribution in [-0.2, 0) is 9.53 Å². The molecule has 7 heteroatoms. The van der Waals surface area contributed by atoms with E-state index in [-0.39, 0.29) is 13.1 Å². The van der Waals surface area contributed by atoms with Gasteiger partial charge in [-0.05, 0) is 37.1 Å². The number of carboxylic acid groups (broad SMARTS) is 1. The highest BCUT2D eigenvalue weighted by atomic mass is 16.7. The van der Waals surface area contributed by atoms with E-state index in [1.165, 1.54) is 12.5 Å². The number of hydrogen-bond donors (Lipinski definition) is 4. The van der Waals surface area contributed by atoms with Crippen LogP contribution in [0, 0.1) is 6.92 Å². The van der Waals surface area contributed by atoms with Crippen molar-refractivity contribution in [2.45, 2.75) is 50.0 Å². The van der Waals surface area contributed by atoms with Crippen LogP contribution in [0.1, 0.15) is 31.0 Å². The van der Waals surface area contributed by atoms with Crippen molar-refractivity contribution < 1.29 is 36.1 Å². The molecule has 1 saturated heterocycles. The molecule has 7 nitrogen and oxygen atoms in total. The maximum absolute atomic E-state index is 11.7. The molecule has 3 unspecified atom stereocenters. The molecule has 0 radical (unpaired) electrons. The molecule has 0 aromatic heterocycles. The molecule has 172 valence electrons. The number of aliphatic hydroxyl groups excluding tert-OH is 3. The monoisotopic (exact) mass is 442 g/mol. The summed E-state index contributed by atoms with van der Waals surface area (Å²) in [6.07, 6.45) is -0.831. The van der Waals surface area contributed by atoms with Crippen molar-refractivity contribution >= 4 is 12.0 Å². The van der Waals surface area contributed by atoms with Gasteiger partial charge >= 0.3 is 5.97 Å². The van der Waals surface area contributed by atoms with Gasteiger partial charge in [-0.1, -0.05) is 60.2 Å². The molecule has 1 heterocycles. The molecule has 0 saturated carbocycles. The highest BCUT2D eigenvalue weighted by Crippen LogP contribution is 2.33. The molecule has 6 atom stereocenters. The quantitative estimate of drug-likeness (QED) is 0.487. The highest BCUT2D eigenvalue weighted by Gasteiger charge is 2.57. The van der Waals surface area contributed by atoms with Crippen LogP contribution in [0.25, 0.3) is 6.08 Å². The van der Waals surface area contributed by atoms with Crippen molar-refractivity contribution in [3.8, 4) is 5.75 Å². The fourth-order valence-electron chi connectivity index (χ4n) is 3.55. The molecule has 4 N–H and O–H groups in total. The lowest BCUT2D eigenvalue weighted by Gasteiger charge is -2.44. The van der Waals surface area contributed by atoms with Crippen molar-refractivity contribution in [3.63, 3.8) is 0 Å². The van der Waals surface area contributed by atoms with Crippen LogP contribution in [0.3, 0.4) is 0 Å². The van der Waals surface area contributed by atoms with Gasteiger partial charge in [0.15, 0.2) is 12.4 Å². The number of hydrogen-bond acceptors (Lipinski definition) is 6. The van der Waals surface area contributed by atoms with Crippen molar-refractivity contribution in [3.05, 3.63) is 84.0 Å². The first-order valence-electron chi connectivity index (χ1n) is 10.2. The zero-order valence-electron chi connectivity index (χ0n) is 18.0. The number of ether oxygens (including phenoxy) is 2. The van der Waals surface area contributed by atoms with Gasteiger partial charge in [-0.15, -0.1) is 6.58 Å². The summed E-state index contributed by atoms with van der Waals surface area (Å²) in [5.41, 5.74) is 1.14. The summed E-state index contributed by atoms with van der Waals surface area (Å²) in [6, 6.07) is 15.0. The van der Waals surface area contributed by atoms with E-state index >= 15 is 0 Å². The average Bonchev–Trinajstić information content (AvgIpc) is 2.77. The lowest BCUT2D eigenvalue weighted by molar-refractivity contribution is -0.305. The first-order valence-corrected chi connectivity index (χ1v) is 10.2. The molecular weight excluding hydrogens is 412 g/mol. The van der Waals surface area contributed by atoms with E-state index in [4.69, 9.17) is 9.47 Å². The Labute approximate surface area is 188 Å². The lowest BCUT2D eigenvalue weighted by atomic mass is 9.88. The molecule has 0 aliphatic carbocycles. The Hall–Kier alpha value is -2.97. The van der Waals surface area contributed by atoms with Crippen LogP contribution >= 0.6 is 0 Å². The third-order valence-electron chi connectivity index (χ3n) is 5.64. The largest absolute Gasteiger partial charge is 0.484 e. The van der Waals surface area contributed by atoms with Crippen LogP contribution in [0.15, 0.2) is 67.3 Å². The molecule has 2 aromatic rings. The minimum Gasteiger partial charge on any atom is -0.484 e. The van der Waals surface area contributed by atoms with Crippen molar-refractivity contribution in [1.29, 1.82) is 0 Å². The van der Waals surface area contributed by atoms with Crippen LogP contribution < -0.4 is 4.74 Å². The maximum Gasteiger partial charge on any atom is 0.339 e. The second kappa shape index (κ2) is 9.67. The normalized spacial score (nSPS) is 28.9. The fraction of sp³-hybridized carbons (Fsp3) is 0.320. The standard InChI is InChI=1S/C25H28O7.H2/c1-4-17(18-10-5-15(2)6-11-18)12-7-16-8-13-19(14-9-16)31-22-20(26)21(27)23(28)32-25(22,3)24(29)30;/h4-14,17,20-23,26-28H,1H2,2-3H3,(H,29,30);1H/b12-7-;/t17?,20-,21?,22+,23+,25?;/m1./s1. The van der Waals surface area contributed by atoms with Crippen LogP contribution in [-0.4, -0.2) is 56.6 Å². The zero-order chi connectivity index (χ0) is 23.5. The summed E-state index contributed by atoms with van der Waals surface area (Å²) in [7, 11) is 0. The topological polar surface area (TPSA) is 116 Å². The predicted octanol–water partition coefficient (Wildman–Crippen LogP) is 2.89. The van der Waals surface area contributed by atoms with Gasteiger partial charge in [-0.25, -0.2) is 4.79 Å². The SMILES string of the molecule is C=CC(/C=C\c1ccc(O[C@H]2[C@H](O)C(O)[C@@H](O)OC2(C)C(=O)O)cc1)c1ccc(C)cc1.[HH]. The smallest absolute Gasteiger partial charge is 0.339 e. The summed E-state index contributed by atoms with van der Waals surface area (Å²) in [6.45, 7) is 7.12. The van der Waals surface area contributed by atoms with E-state index in [1.54, 1.807) is 24.3 Å². The fourth-order valence-corrected chi connectivity index (χ4v) is 3.55. The van der Waals surface area contributed by atoms with Gasteiger partial charge in [0.25, 0.3) is 0 Å². The molecule has 0 amide bonds. The molecule has 1 aliphatic heterocycles. The van der Waals surface area contributed by atoms with Gasteiger partial charge in [0.1, 0.15) is 18.0 Å². The third kappa shape index (κ3) is 4.92. The summed E-state index contributed by atoms with van der Waals surface area (Å²) in [5.74, 6) is -1.10. The van der Waals surface area contributed by atoms with E-state index in [2.05, 4.69) is 30.8 Å². The van der Waals surface area contributed by atoms with Crippen LogP contribution in [0.5, 0.6) is 5.75 Å². The zero-order valence-corrected chi connectivity index (χ0v) is 18.0. The van der Waals surface area contributed by atoms with Crippen LogP contribution in [0.2, 0.25) is 0 Å². The summed E-state index contributed by atoms with van der Waals surface area (Å²) >= 11 is 0. The Balaban J connectivity index is 0.00000385. The first kappa shape index (κ1) is 23.7. The number of aryl methyl sites for hydroxylation is 1. The molecule has 32 heavy (non-hydrogen) atoms. The van der Waals surface area contributed by atoms with Gasteiger partial charge in [-0.2, -0.15) is 0 Å². The van der Waals surface area contributed by atoms with Crippen molar-refractivity contribution in [1.82, 2.24) is 0 Å². The van der Waals surface area contributed by atoms with E-state index in [1.807, 2.05) is 25.2 Å². The van der Waals surface area contributed by atoms with Gasteiger partial charge < -0.3 is 29.9 Å². The minimum atomic E-state index is -2.05. The van der Waals surface area contributed by atoms with E-state index in [9.17, 15) is 25.2 Å². The van der Waals surface area contributed by atoms with E-state index in [0.717, 1.165) is 11.1 Å². The third-order valence-corrected chi connectivity index (χ3v) is 5.64. The number of carbonyl (C=O) groups is 1. The maximum atomic E-state index is 11.7.